The van der Waals surface area contributed by atoms with E-state index in [9.17, 15) is 4.79 Å². The molecule has 2 aromatic heterocycles. The van der Waals surface area contributed by atoms with E-state index >= 15 is 0 Å². The molecule has 7 heteroatoms. The molecule has 0 aliphatic carbocycles. The fraction of sp³-hybridized carbons (Fsp3) is 0.333. The minimum Gasteiger partial charge on any atom is -0.369 e. The number of nitrogens with two attached hydrogens (primary N) is 1. The molecule has 0 radical (unpaired) electrons. The Bertz CT molecular complexity index is 595. The second kappa shape index (κ2) is 4.34. The lowest BCUT2D eigenvalue weighted by molar-refractivity contribution is -0.123. The third kappa shape index (κ3) is 1.83. The number of fused-ring (bicyclic) bond motifs is 1. The highest BCUT2D eigenvalue weighted by Gasteiger charge is 2.40. The summed E-state index contributed by atoms with van der Waals surface area (Å²) in [6.45, 7) is 1.91. The summed E-state index contributed by atoms with van der Waals surface area (Å²) in [6, 6.07) is 3.35. The molecular formula is C12H14N6O. The van der Waals surface area contributed by atoms with E-state index in [4.69, 9.17) is 5.73 Å². The summed E-state index contributed by atoms with van der Waals surface area (Å²) in [5.41, 5.74) is 6.45. The van der Waals surface area contributed by atoms with Crippen LogP contribution in [0.3, 0.4) is 0 Å². The van der Waals surface area contributed by atoms with Gasteiger partial charge in [0, 0.05) is 18.4 Å². The zero-order chi connectivity index (χ0) is 13.4. The summed E-state index contributed by atoms with van der Waals surface area (Å²) >= 11 is 0. The van der Waals surface area contributed by atoms with E-state index in [1.54, 1.807) is 17.1 Å². The summed E-state index contributed by atoms with van der Waals surface area (Å²) < 4.78 is 1.69. The first-order valence-corrected chi connectivity index (χ1v) is 6.04. The van der Waals surface area contributed by atoms with Crippen molar-refractivity contribution in [2.24, 2.45) is 11.7 Å². The fourth-order valence-corrected chi connectivity index (χ4v) is 2.58. The topological polar surface area (TPSA) is 98.7 Å². The van der Waals surface area contributed by atoms with Gasteiger partial charge in [-0.25, -0.2) is 4.68 Å². The van der Waals surface area contributed by atoms with Crippen molar-refractivity contribution in [2.75, 3.05) is 5.32 Å². The van der Waals surface area contributed by atoms with Crippen LogP contribution in [0.1, 0.15) is 18.5 Å². The Morgan fingerprint density at radius 1 is 1.53 bits per heavy atom. The first kappa shape index (κ1) is 11.6. The quantitative estimate of drug-likeness (QED) is 0.800. The Morgan fingerprint density at radius 2 is 2.37 bits per heavy atom. The Kier molecular flexibility index (Phi) is 2.66. The number of nitrogens with one attached hydrogen (secondary N) is 1. The molecule has 1 aliphatic heterocycles. The maximum atomic E-state index is 11.8. The zero-order valence-corrected chi connectivity index (χ0v) is 10.4. The van der Waals surface area contributed by atoms with Gasteiger partial charge in [-0.3, -0.25) is 9.78 Å². The monoisotopic (exact) mass is 258 g/mol. The minimum atomic E-state index is -0.404. The largest absolute Gasteiger partial charge is 0.369 e. The van der Waals surface area contributed by atoms with Gasteiger partial charge in [0.25, 0.3) is 0 Å². The predicted octanol–water partition coefficient (Wildman–Crippen LogP) is 0.178. The molecule has 0 bridgehead atoms. The SMILES string of the molecule is C[C@@H]1Nc2ncnn2[C@@H](c2cccnc2)[C@@H]1C(N)=O. The van der Waals surface area contributed by atoms with E-state index in [1.165, 1.54) is 6.33 Å². The lowest BCUT2D eigenvalue weighted by Crippen LogP contribution is -2.47. The highest BCUT2D eigenvalue weighted by atomic mass is 16.1. The smallest absolute Gasteiger partial charge is 0.225 e. The molecule has 3 rings (SSSR count). The molecular weight excluding hydrogens is 244 g/mol. The molecule has 0 unspecified atom stereocenters. The summed E-state index contributed by atoms with van der Waals surface area (Å²) in [6.07, 6.45) is 4.88. The minimum absolute atomic E-state index is 0.112. The summed E-state index contributed by atoms with van der Waals surface area (Å²) in [4.78, 5) is 20.0. The van der Waals surface area contributed by atoms with E-state index in [-0.39, 0.29) is 18.0 Å². The molecule has 98 valence electrons. The van der Waals surface area contributed by atoms with Crippen molar-refractivity contribution >= 4 is 11.9 Å². The van der Waals surface area contributed by atoms with Gasteiger partial charge < -0.3 is 11.1 Å². The lowest BCUT2D eigenvalue weighted by atomic mass is 9.86. The Morgan fingerprint density at radius 3 is 3.05 bits per heavy atom. The van der Waals surface area contributed by atoms with E-state index < -0.39 is 5.92 Å². The van der Waals surface area contributed by atoms with Crippen molar-refractivity contribution in [3.8, 4) is 0 Å². The molecule has 2 aromatic rings. The fourth-order valence-electron chi connectivity index (χ4n) is 2.58. The molecule has 3 heterocycles. The van der Waals surface area contributed by atoms with Crippen LogP contribution in [0.2, 0.25) is 0 Å². The first-order chi connectivity index (χ1) is 9.18. The van der Waals surface area contributed by atoms with Gasteiger partial charge >= 0.3 is 0 Å². The van der Waals surface area contributed by atoms with E-state index in [1.807, 2.05) is 19.1 Å². The summed E-state index contributed by atoms with van der Waals surface area (Å²) in [5, 5.41) is 7.33. The average molecular weight is 258 g/mol. The zero-order valence-electron chi connectivity index (χ0n) is 10.4. The van der Waals surface area contributed by atoms with Crippen molar-refractivity contribution in [3.63, 3.8) is 0 Å². The van der Waals surface area contributed by atoms with Crippen molar-refractivity contribution in [3.05, 3.63) is 36.4 Å². The predicted molar refractivity (Wildman–Crippen MR) is 68.2 cm³/mol. The number of amides is 1. The van der Waals surface area contributed by atoms with Gasteiger partial charge in [0.2, 0.25) is 11.9 Å². The molecule has 3 N–H and O–H groups in total. The van der Waals surface area contributed by atoms with Gasteiger partial charge in [-0.15, -0.1) is 0 Å². The van der Waals surface area contributed by atoms with Gasteiger partial charge in [-0.2, -0.15) is 10.1 Å². The van der Waals surface area contributed by atoms with E-state index in [0.717, 1.165) is 5.56 Å². The molecule has 0 spiro atoms. The van der Waals surface area contributed by atoms with Gasteiger partial charge in [0.15, 0.2) is 0 Å². The number of rotatable bonds is 2. The summed E-state index contributed by atoms with van der Waals surface area (Å²) in [5.74, 6) is -0.132. The Labute approximate surface area is 109 Å². The number of nitrogens with zero attached hydrogens (tertiary/aromatic N) is 4. The molecule has 0 saturated carbocycles. The van der Waals surface area contributed by atoms with Crippen LogP contribution in [0, 0.1) is 5.92 Å². The normalized spacial score (nSPS) is 25.4. The number of hydrogen-bond donors (Lipinski definition) is 2. The third-order valence-corrected chi connectivity index (χ3v) is 3.43. The van der Waals surface area contributed by atoms with Gasteiger partial charge in [0.1, 0.15) is 6.33 Å². The maximum absolute atomic E-state index is 11.8. The van der Waals surface area contributed by atoms with Crippen LogP contribution in [0.15, 0.2) is 30.9 Å². The van der Waals surface area contributed by atoms with Crippen molar-refractivity contribution < 1.29 is 4.79 Å². The summed E-state index contributed by atoms with van der Waals surface area (Å²) in [7, 11) is 0. The first-order valence-electron chi connectivity index (χ1n) is 6.04. The molecule has 0 fully saturated rings. The molecule has 19 heavy (non-hydrogen) atoms. The Hall–Kier alpha value is -2.44. The average Bonchev–Trinajstić information content (AvgIpc) is 2.85. The number of pyridine rings is 1. The van der Waals surface area contributed by atoms with Gasteiger partial charge in [-0.05, 0) is 18.6 Å². The second-order valence-corrected chi connectivity index (χ2v) is 4.62. The number of aromatic nitrogens is 4. The molecule has 1 amide bonds. The number of carbonyl (C=O) groups excluding carboxylic acids is 1. The van der Waals surface area contributed by atoms with Crippen molar-refractivity contribution in [2.45, 2.75) is 19.0 Å². The van der Waals surface area contributed by atoms with Gasteiger partial charge in [-0.1, -0.05) is 6.07 Å². The second-order valence-electron chi connectivity index (χ2n) is 4.62. The van der Waals surface area contributed by atoms with Crippen LogP contribution in [-0.4, -0.2) is 31.7 Å². The highest BCUT2D eigenvalue weighted by molar-refractivity contribution is 5.79. The number of anilines is 1. The molecule has 3 atom stereocenters. The van der Waals surface area contributed by atoms with Crippen LogP contribution in [0.4, 0.5) is 5.95 Å². The van der Waals surface area contributed by atoms with Gasteiger partial charge in [0.05, 0.1) is 12.0 Å². The lowest BCUT2D eigenvalue weighted by Gasteiger charge is -2.35. The molecule has 0 saturated heterocycles. The van der Waals surface area contributed by atoms with Crippen molar-refractivity contribution in [1.29, 1.82) is 0 Å². The Balaban J connectivity index is 2.14. The van der Waals surface area contributed by atoms with Crippen LogP contribution < -0.4 is 11.1 Å². The number of hydrogen-bond acceptors (Lipinski definition) is 5. The molecule has 7 nitrogen and oxygen atoms in total. The van der Waals surface area contributed by atoms with Crippen LogP contribution in [-0.2, 0) is 4.79 Å². The third-order valence-electron chi connectivity index (χ3n) is 3.43. The van der Waals surface area contributed by atoms with Crippen LogP contribution >= 0.6 is 0 Å². The van der Waals surface area contributed by atoms with Crippen LogP contribution in [0.5, 0.6) is 0 Å². The van der Waals surface area contributed by atoms with Crippen molar-refractivity contribution in [1.82, 2.24) is 19.7 Å². The number of carbonyl (C=O) groups is 1. The number of primary amides is 1. The highest BCUT2D eigenvalue weighted by Crippen LogP contribution is 2.34. The van der Waals surface area contributed by atoms with Crippen LogP contribution in [0.25, 0.3) is 0 Å². The molecule has 0 aromatic carbocycles. The van der Waals surface area contributed by atoms with E-state index in [0.29, 0.717) is 5.95 Å². The molecule has 1 aliphatic rings. The standard InChI is InChI=1S/C12H14N6O/c1-7-9(11(13)19)10(8-3-2-4-14-5-8)18-12(17-7)15-6-16-18/h2-7,9-10H,1H3,(H2,13,19)(H,15,16,17)/t7-,9+,10-/m0/s1. The maximum Gasteiger partial charge on any atom is 0.225 e. The van der Waals surface area contributed by atoms with E-state index in [2.05, 4.69) is 20.4 Å².